The summed E-state index contributed by atoms with van der Waals surface area (Å²) >= 11 is 12.9. The second-order valence-corrected chi connectivity index (χ2v) is 12.1. The van der Waals surface area contributed by atoms with Crippen LogP contribution in [-0.2, 0) is 4.74 Å². The highest BCUT2D eigenvalue weighted by molar-refractivity contribution is 6.37. The van der Waals surface area contributed by atoms with Gasteiger partial charge in [0.15, 0.2) is 5.65 Å². The third-order valence-electron chi connectivity index (χ3n) is 7.14. The molecule has 0 bridgehead atoms. The number of anilines is 3. The minimum atomic E-state index is -0.517. The number of nitrogens with one attached hydrogen (secondary N) is 1. The number of rotatable bonds is 4. The number of hydrogen-bond acceptors (Lipinski definition) is 8. The molecule has 0 aliphatic carbocycles. The van der Waals surface area contributed by atoms with Gasteiger partial charge in [-0.3, -0.25) is 9.20 Å². The third-order valence-corrected chi connectivity index (χ3v) is 7.75. The van der Waals surface area contributed by atoms with Gasteiger partial charge in [0.1, 0.15) is 11.0 Å². The van der Waals surface area contributed by atoms with Gasteiger partial charge in [0.2, 0.25) is 11.7 Å². The minimum absolute atomic E-state index is 0.279. The molecule has 1 aliphatic heterocycles. The fraction of sp³-hybridized carbons (Fsp3) is 0.300. The molecular formula is C30H30Cl2N8O3. The zero-order valence-corrected chi connectivity index (χ0v) is 25.6. The van der Waals surface area contributed by atoms with Gasteiger partial charge < -0.3 is 19.9 Å². The molecule has 0 spiro atoms. The second-order valence-electron chi connectivity index (χ2n) is 11.3. The molecule has 3 aromatic heterocycles. The third kappa shape index (κ3) is 5.57. The highest BCUT2D eigenvalue weighted by Gasteiger charge is 2.26. The summed E-state index contributed by atoms with van der Waals surface area (Å²) in [6, 6.07) is 11.1. The van der Waals surface area contributed by atoms with Crippen LogP contribution in [0.3, 0.4) is 0 Å². The molecule has 0 unspecified atom stereocenters. The number of imidazole rings is 1. The Balaban J connectivity index is 1.24. The van der Waals surface area contributed by atoms with E-state index in [0.717, 1.165) is 16.9 Å². The largest absolute Gasteiger partial charge is 0.444 e. The first kappa shape index (κ1) is 28.8. The number of fused-ring (bicyclic) bond motifs is 3. The number of aryl methyl sites for hydroxylation is 1. The van der Waals surface area contributed by atoms with Crippen LogP contribution in [-0.4, -0.2) is 66.7 Å². The van der Waals surface area contributed by atoms with Crippen molar-refractivity contribution in [2.75, 3.05) is 36.4 Å². The molecule has 0 atom stereocenters. The predicted molar refractivity (Wildman–Crippen MR) is 168 cm³/mol. The van der Waals surface area contributed by atoms with Crippen LogP contribution in [0.1, 0.15) is 26.3 Å². The molecule has 2 aromatic carbocycles. The number of aromatic nitrogens is 5. The summed E-state index contributed by atoms with van der Waals surface area (Å²) in [4.78, 5) is 43.6. The maximum atomic E-state index is 13.6. The maximum Gasteiger partial charge on any atom is 0.410 e. The van der Waals surface area contributed by atoms with Gasteiger partial charge in [0.25, 0.3) is 5.56 Å². The van der Waals surface area contributed by atoms with Crippen LogP contribution in [0.4, 0.5) is 22.1 Å². The quantitative estimate of drug-likeness (QED) is 0.267. The lowest BCUT2D eigenvalue weighted by atomic mass is 10.1. The molecule has 6 rings (SSSR count). The second kappa shape index (κ2) is 11.1. The average molecular weight is 622 g/mol. The van der Waals surface area contributed by atoms with E-state index in [1.165, 1.54) is 10.8 Å². The number of amides is 1. The lowest BCUT2D eigenvalue weighted by Gasteiger charge is -2.37. The Bertz CT molecular complexity index is 1900. The smallest absolute Gasteiger partial charge is 0.410 e. The summed E-state index contributed by atoms with van der Waals surface area (Å²) in [5.74, 6) is 0.651. The summed E-state index contributed by atoms with van der Waals surface area (Å²) in [5.41, 5.74) is 2.79. The molecule has 1 saturated heterocycles. The van der Waals surface area contributed by atoms with Gasteiger partial charge >= 0.3 is 6.09 Å². The number of hydrogen-bond donors (Lipinski definition) is 1. The van der Waals surface area contributed by atoms with Crippen molar-refractivity contribution in [3.8, 4) is 5.69 Å². The van der Waals surface area contributed by atoms with Crippen molar-refractivity contribution in [2.45, 2.75) is 33.3 Å². The van der Waals surface area contributed by atoms with Crippen molar-refractivity contribution >= 4 is 63.4 Å². The average Bonchev–Trinajstić information content (AvgIpc) is 3.44. The van der Waals surface area contributed by atoms with Crippen LogP contribution in [0.25, 0.3) is 22.5 Å². The molecule has 1 amide bonds. The lowest BCUT2D eigenvalue weighted by molar-refractivity contribution is 0.0240. The number of carbonyl (C=O) groups is 1. The molecule has 0 radical (unpaired) electrons. The van der Waals surface area contributed by atoms with Gasteiger partial charge in [-0.1, -0.05) is 29.3 Å². The number of halogens is 2. The Morgan fingerprint density at radius 1 is 1.02 bits per heavy atom. The summed E-state index contributed by atoms with van der Waals surface area (Å²) in [7, 11) is 0. The van der Waals surface area contributed by atoms with E-state index in [4.69, 9.17) is 27.9 Å². The molecule has 1 N–H and O–H groups in total. The molecule has 4 heterocycles. The first-order valence-electron chi connectivity index (χ1n) is 13.8. The summed E-state index contributed by atoms with van der Waals surface area (Å²) in [5, 5.41) is 4.18. The number of para-hydroxylation sites is 1. The molecule has 1 aliphatic rings. The van der Waals surface area contributed by atoms with Crippen molar-refractivity contribution in [3.05, 3.63) is 81.0 Å². The SMILES string of the molecule is Cc1cc(Nc2ncc3c(=O)n(-c4c(Cl)cccc4Cl)c4nccn4c3n2)ccc1N1CCN(C(=O)OC(C)(C)C)CC1. The van der Waals surface area contributed by atoms with Crippen molar-refractivity contribution in [2.24, 2.45) is 0 Å². The molecule has 13 heteroatoms. The normalized spacial score (nSPS) is 14.0. The Kier molecular flexibility index (Phi) is 7.39. The number of carbonyl (C=O) groups excluding carboxylic acids is 1. The number of piperazine rings is 1. The molecule has 0 saturated carbocycles. The first-order chi connectivity index (χ1) is 20.5. The van der Waals surface area contributed by atoms with Crippen LogP contribution in [0.2, 0.25) is 10.0 Å². The Morgan fingerprint density at radius 2 is 1.74 bits per heavy atom. The van der Waals surface area contributed by atoms with Gasteiger partial charge in [-0.15, -0.1) is 0 Å². The highest BCUT2D eigenvalue weighted by atomic mass is 35.5. The molecular weight excluding hydrogens is 591 g/mol. The first-order valence-corrected chi connectivity index (χ1v) is 14.6. The summed E-state index contributed by atoms with van der Waals surface area (Å²) in [6.07, 6.45) is 4.51. The van der Waals surface area contributed by atoms with E-state index >= 15 is 0 Å². The van der Waals surface area contributed by atoms with Crippen LogP contribution in [0.5, 0.6) is 0 Å². The number of nitrogens with zero attached hydrogens (tertiary/aromatic N) is 7. The van der Waals surface area contributed by atoms with Gasteiger partial charge in [-0.05, 0) is 63.6 Å². The molecule has 43 heavy (non-hydrogen) atoms. The van der Waals surface area contributed by atoms with Crippen LogP contribution >= 0.6 is 23.2 Å². The molecule has 1 fully saturated rings. The summed E-state index contributed by atoms with van der Waals surface area (Å²) < 4.78 is 8.59. The van der Waals surface area contributed by atoms with E-state index < -0.39 is 5.60 Å². The molecule has 5 aromatic rings. The fourth-order valence-electron chi connectivity index (χ4n) is 5.18. The fourth-order valence-corrected chi connectivity index (χ4v) is 5.75. The van der Waals surface area contributed by atoms with E-state index in [9.17, 15) is 9.59 Å². The Hall–Kier alpha value is -4.35. The maximum absolute atomic E-state index is 13.6. The van der Waals surface area contributed by atoms with Gasteiger partial charge in [0, 0.05) is 56.1 Å². The monoisotopic (exact) mass is 620 g/mol. The van der Waals surface area contributed by atoms with Crippen molar-refractivity contribution in [3.63, 3.8) is 0 Å². The van der Waals surface area contributed by atoms with Crippen molar-refractivity contribution in [1.29, 1.82) is 0 Å². The molecule has 222 valence electrons. The van der Waals surface area contributed by atoms with Crippen LogP contribution in [0.15, 0.2) is 59.8 Å². The van der Waals surface area contributed by atoms with E-state index in [2.05, 4.69) is 25.2 Å². The minimum Gasteiger partial charge on any atom is -0.444 e. The zero-order valence-electron chi connectivity index (χ0n) is 24.1. The van der Waals surface area contributed by atoms with Gasteiger partial charge in [-0.2, -0.15) is 4.98 Å². The molecule has 11 nitrogen and oxygen atoms in total. The Labute approximate surface area is 257 Å². The van der Waals surface area contributed by atoms with Crippen molar-refractivity contribution < 1.29 is 9.53 Å². The Morgan fingerprint density at radius 3 is 2.42 bits per heavy atom. The predicted octanol–water partition coefficient (Wildman–Crippen LogP) is 5.84. The van der Waals surface area contributed by atoms with E-state index in [0.29, 0.717) is 59.3 Å². The van der Waals surface area contributed by atoms with Crippen LogP contribution < -0.4 is 15.8 Å². The highest BCUT2D eigenvalue weighted by Crippen LogP contribution is 2.30. The standard InChI is InChI=1S/C30H30Cl2N8O3/c1-18-16-19(8-9-23(18)37-12-14-38(15-13-37)29(42)43-30(2,3)4)35-27-34-17-20-25(36-27)39-11-10-33-28(39)40(26(20)41)24-21(31)6-5-7-22(24)32/h5-11,16-17H,12-15H2,1-4H3,(H,34,35,36). The zero-order chi connectivity index (χ0) is 30.5. The number of ether oxygens (including phenoxy) is 1. The van der Waals surface area contributed by atoms with Crippen LogP contribution in [0, 0.1) is 6.92 Å². The summed E-state index contributed by atoms with van der Waals surface area (Å²) in [6.45, 7) is 10.2. The van der Waals surface area contributed by atoms with E-state index in [1.807, 2.05) is 45.9 Å². The van der Waals surface area contributed by atoms with E-state index in [-0.39, 0.29) is 17.0 Å². The van der Waals surface area contributed by atoms with Gasteiger partial charge in [0.05, 0.1) is 15.7 Å². The lowest BCUT2D eigenvalue weighted by Crippen LogP contribution is -2.50. The van der Waals surface area contributed by atoms with Crippen molar-refractivity contribution in [1.82, 2.24) is 28.8 Å². The van der Waals surface area contributed by atoms with Gasteiger partial charge in [-0.25, -0.2) is 19.3 Å². The number of benzene rings is 2. The van der Waals surface area contributed by atoms with E-state index in [1.54, 1.807) is 39.9 Å². The topological polar surface area (TPSA) is 110 Å².